The summed E-state index contributed by atoms with van der Waals surface area (Å²) in [6, 6.07) is 20.4. The van der Waals surface area contributed by atoms with E-state index in [1.54, 1.807) is 19.9 Å². The van der Waals surface area contributed by atoms with Gasteiger partial charge in [-0.15, -0.1) is 0 Å². The Bertz CT molecular complexity index is 1250. The Morgan fingerprint density at radius 2 is 1.66 bits per heavy atom. The Morgan fingerprint density at radius 3 is 2.34 bits per heavy atom. The zero-order valence-electron chi connectivity index (χ0n) is 18.0. The molecule has 0 saturated heterocycles. The van der Waals surface area contributed by atoms with E-state index in [2.05, 4.69) is 15.5 Å². The SMILES string of the molecule is Cc1noc2nc(-c3ccccc3)cc(C(=O)OC(C)C(=O)NC(C)c3ccccc3)c12. The lowest BCUT2D eigenvalue weighted by molar-refractivity contribution is -0.129. The Kier molecular flexibility index (Phi) is 5.98. The van der Waals surface area contributed by atoms with Crippen LogP contribution < -0.4 is 5.32 Å². The second-order valence-corrected chi connectivity index (χ2v) is 7.56. The number of carbonyl (C=O) groups excluding carboxylic acids is 2. The third kappa shape index (κ3) is 4.37. The lowest BCUT2D eigenvalue weighted by atomic mass is 10.1. The van der Waals surface area contributed by atoms with Crippen molar-refractivity contribution >= 4 is 23.0 Å². The van der Waals surface area contributed by atoms with Crippen molar-refractivity contribution in [2.24, 2.45) is 0 Å². The molecule has 32 heavy (non-hydrogen) atoms. The van der Waals surface area contributed by atoms with Crippen molar-refractivity contribution in [1.82, 2.24) is 15.5 Å². The number of amides is 1. The lowest BCUT2D eigenvalue weighted by Gasteiger charge is -2.18. The number of hydrogen-bond donors (Lipinski definition) is 1. The van der Waals surface area contributed by atoms with Gasteiger partial charge < -0.3 is 14.6 Å². The van der Waals surface area contributed by atoms with Gasteiger partial charge in [-0.2, -0.15) is 0 Å². The van der Waals surface area contributed by atoms with Crippen molar-refractivity contribution in [2.75, 3.05) is 0 Å². The average Bonchev–Trinajstić information content (AvgIpc) is 3.20. The first kappa shape index (κ1) is 21.2. The van der Waals surface area contributed by atoms with Crippen LogP contribution in [0.2, 0.25) is 0 Å². The van der Waals surface area contributed by atoms with Crippen LogP contribution >= 0.6 is 0 Å². The van der Waals surface area contributed by atoms with Gasteiger partial charge in [0.25, 0.3) is 11.6 Å². The predicted octanol–water partition coefficient (Wildman–Crippen LogP) is 4.62. The molecule has 0 bridgehead atoms. The molecule has 0 aliphatic rings. The summed E-state index contributed by atoms with van der Waals surface area (Å²) in [5.74, 6) is -1.03. The Labute approximate surface area is 185 Å². The number of carbonyl (C=O) groups is 2. The minimum Gasteiger partial charge on any atom is -0.449 e. The molecule has 2 unspecified atom stereocenters. The van der Waals surface area contributed by atoms with Gasteiger partial charge in [-0.3, -0.25) is 4.79 Å². The summed E-state index contributed by atoms with van der Waals surface area (Å²) in [5.41, 5.74) is 3.35. The minimum absolute atomic E-state index is 0.220. The number of esters is 1. The standard InChI is InChI=1S/C25H23N3O4/c1-15(18-10-6-4-7-11-18)26-23(29)17(3)31-25(30)20-14-21(19-12-8-5-9-13-19)27-24-22(20)16(2)28-32-24/h4-15,17H,1-3H3,(H,26,29). The number of nitrogens with zero attached hydrogens (tertiary/aromatic N) is 2. The number of nitrogens with one attached hydrogen (secondary N) is 1. The Hall–Kier alpha value is -4.00. The largest absolute Gasteiger partial charge is 0.449 e. The van der Waals surface area contributed by atoms with Crippen molar-refractivity contribution in [1.29, 1.82) is 0 Å². The monoisotopic (exact) mass is 429 g/mol. The maximum absolute atomic E-state index is 13.1. The molecule has 2 atom stereocenters. The van der Waals surface area contributed by atoms with E-state index in [0.29, 0.717) is 16.8 Å². The topological polar surface area (TPSA) is 94.3 Å². The molecule has 0 fully saturated rings. The number of aromatic nitrogens is 2. The Morgan fingerprint density at radius 1 is 1.00 bits per heavy atom. The molecule has 0 aliphatic heterocycles. The first-order chi connectivity index (χ1) is 15.4. The van der Waals surface area contributed by atoms with Gasteiger partial charge in [-0.05, 0) is 32.4 Å². The highest BCUT2D eigenvalue weighted by Crippen LogP contribution is 2.27. The van der Waals surface area contributed by atoms with Gasteiger partial charge in [0.05, 0.1) is 28.4 Å². The smallest absolute Gasteiger partial charge is 0.339 e. The maximum Gasteiger partial charge on any atom is 0.339 e. The normalized spacial score (nSPS) is 12.8. The second-order valence-electron chi connectivity index (χ2n) is 7.56. The van der Waals surface area contributed by atoms with Crippen molar-refractivity contribution in [2.45, 2.75) is 32.9 Å². The van der Waals surface area contributed by atoms with E-state index in [1.807, 2.05) is 67.6 Å². The number of rotatable bonds is 6. The molecule has 0 saturated carbocycles. The Balaban J connectivity index is 1.56. The first-order valence-corrected chi connectivity index (χ1v) is 10.3. The predicted molar refractivity (Wildman–Crippen MR) is 120 cm³/mol. The van der Waals surface area contributed by atoms with Crippen LogP contribution in [0, 0.1) is 6.92 Å². The van der Waals surface area contributed by atoms with Gasteiger partial charge in [0.2, 0.25) is 0 Å². The van der Waals surface area contributed by atoms with Gasteiger partial charge in [0.15, 0.2) is 6.10 Å². The molecule has 7 nitrogen and oxygen atoms in total. The van der Waals surface area contributed by atoms with Crippen LogP contribution in [0.4, 0.5) is 0 Å². The average molecular weight is 429 g/mol. The fraction of sp³-hybridized carbons (Fsp3) is 0.200. The highest BCUT2D eigenvalue weighted by Gasteiger charge is 2.25. The first-order valence-electron chi connectivity index (χ1n) is 10.3. The van der Waals surface area contributed by atoms with Crippen LogP contribution in [0.25, 0.3) is 22.4 Å². The fourth-order valence-electron chi connectivity index (χ4n) is 3.45. The van der Waals surface area contributed by atoms with Gasteiger partial charge in [0, 0.05) is 5.56 Å². The molecule has 4 rings (SSSR count). The summed E-state index contributed by atoms with van der Waals surface area (Å²) >= 11 is 0. The van der Waals surface area contributed by atoms with Crippen molar-refractivity contribution in [3.05, 3.63) is 83.6 Å². The summed E-state index contributed by atoms with van der Waals surface area (Å²) in [5, 5.41) is 7.28. The van der Waals surface area contributed by atoms with Crippen LogP contribution in [-0.4, -0.2) is 28.1 Å². The number of fused-ring (bicyclic) bond motifs is 1. The van der Waals surface area contributed by atoms with Crippen LogP contribution in [0.15, 0.2) is 71.3 Å². The summed E-state index contributed by atoms with van der Waals surface area (Å²) in [6.45, 7) is 5.15. The number of aryl methyl sites for hydroxylation is 1. The van der Waals surface area contributed by atoms with Gasteiger partial charge in [-0.1, -0.05) is 65.8 Å². The van der Waals surface area contributed by atoms with Crippen LogP contribution in [-0.2, 0) is 9.53 Å². The summed E-state index contributed by atoms with van der Waals surface area (Å²) in [4.78, 5) is 30.2. The summed E-state index contributed by atoms with van der Waals surface area (Å²) < 4.78 is 10.8. The number of benzene rings is 2. The number of hydrogen-bond acceptors (Lipinski definition) is 6. The second kappa shape index (κ2) is 9.01. The van der Waals surface area contributed by atoms with Crippen molar-refractivity contribution < 1.29 is 18.8 Å². The maximum atomic E-state index is 13.1. The fourth-order valence-corrected chi connectivity index (χ4v) is 3.45. The molecule has 0 aliphatic carbocycles. The molecular formula is C25H23N3O4. The van der Waals surface area contributed by atoms with E-state index in [1.165, 1.54) is 0 Å². The molecule has 0 radical (unpaired) electrons. The lowest BCUT2D eigenvalue weighted by Crippen LogP contribution is -2.37. The van der Waals surface area contributed by atoms with Crippen molar-refractivity contribution in [3.63, 3.8) is 0 Å². The minimum atomic E-state index is -0.989. The molecule has 2 heterocycles. The van der Waals surface area contributed by atoms with E-state index in [-0.39, 0.29) is 23.2 Å². The zero-order chi connectivity index (χ0) is 22.7. The third-order valence-corrected chi connectivity index (χ3v) is 5.22. The molecule has 7 heteroatoms. The van der Waals surface area contributed by atoms with E-state index in [4.69, 9.17) is 9.26 Å². The molecule has 1 N–H and O–H groups in total. The van der Waals surface area contributed by atoms with E-state index in [0.717, 1.165) is 11.1 Å². The quantitative estimate of drug-likeness (QED) is 0.450. The molecule has 2 aromatic heterocycles. The van der Waals surface area contributed by atoms with Crippen LogP contribution in [0.5, 0.6) is 0 Å². The van der Waals surface area contributed by atoms with E-state index in [9.17, 15) is 9.59 Å². The highest BCUT2D eigenvalue weighted by atomic mass is 16.5. The van der Waals surface area contributed by atoms with Gasteiger partial charge in [0.1, 0.15) is 0 Å². The van der Waals surface area contributed by atoms with Gasteiger partial charge >= 0.3 is 5.97 Å². The summed E-state index contributed by atoms with van der Waals surface area (Å²) in [7, 11) is 0. The molecule has 0 spiro atoms. The molecule has 162 valence electrons. The van der Waals surface area contributed by atoms with E-state index < -0.39 is 12.1 Å². The summed E-state index contributed by atoms with van der Waals surface area (Å²) in [6.07, 6.45) is -0.989. The zero-order valence-corrected chi connectivity index (χ0v) is 18.0. The molecule has 2 aromatic carbocycles. The number of ether oxygens (including phenoxy) is 1. The third-order valence-electron chi connectivity index (χ3n) is 5.22. The molecule has 4 aromatic rings. The van der Waals surface area contributed by atoms with Crippen LogP contribution in [0.1, 0.15) is 41.5 Å². The highest BCUT2D eigenvalue weighted by molar-refractivity contribution is 6.05. The molecule has 1 amide bonds. The number of pyridine rings is 1. The van der Waals surface area contributed by atoms with Crippen LogP contribution in [0.3, 0.4) is 0 Å². The molecular weight excluding hydrogens is 406 g/mol. The van der Waals surface area contributed by atoms with Crippen molar-refractivity contribution in [3.8, 4) is 11.3 Å². The van der Waals surface area contributed by atoms with Gasteiger partial charge in [-0.25, -0.2) is 9.78 Å². The van der Waals surface area contributed by atoms with E-state index >= 15 is 0 Å².